The highest BCUT2D eigenvalue weighted by Crippen LogP contribution is 2.25. The third-order valence-corrected chi connectivity index (χ3v) is 2.98. The van der Waals surface area contributed by atoms with Crippen LogP contribution in [0.4, 0.5) is 11.4 Å². The van der Waals surface area contributed by atoms with Crippen LogP contribution in [0.15, 0.2) is 47.8 Å². The van der Waals surface area contributed by atoms with Gasteiger partial charge in [0.1, 0.15) is 11.4 Å². The molecule has 0 radical (unpaired) electrons. The van der Waals surface area contributed by atoms with E-state index < -0.39 is 23.6 Å². The summed E-state index contributed by atoms with van der Waals surface area (Å²) >= 11 is 0. The number of carbonyl (C=O) groups excluding carboxylic acids is 4. The van der Waals surface area contributed by atoms with E-state index >= 15 is 0 Å². The van der Waals surface area contributed by atoms with E-state index in [1.165, 1.54) is 0 Å². The fourth-order valence-corrected chi connectivity index (χ4v) is 2.00. The van der Waals surface area contributed by atoms with E-state index in [-0.39, 0.29) is 11.4 Å². The highest BCUT2D eigenvalue weighted by Gasteiger charge is 2.23. The van der Waals surface area contributed by atoms with Gasteiger partial charge in [-0.1, -0.05) is 12.1 Å². The number of para-hydroxylation sites is 2. The van der Waals surface area contributed by atoms with Gasteiger partial charge in [0.15, 0.2) is 0 Å². The van der Waals surface area contributed by atoms with Gasteiger partial charge in [0.05, 0.1) is 11.4 Å². The van der Waals surface area contributed by atoms with Gasteiger partial charge in [-0.25, -0.2) is 0 Å². The molecule has 0 saturated heterocycles. The van der Waals surface area contributed by atoms with Gasteiger partial charge in [0.2, 0.25) is 0 Å². The third-order valence-electron chi connectivity index (χ3n) is 2.98. The van der Waals surface area contributed by atoms with Crippen LogP contribution >= 0.6 is 0 Å². The average molecular weight is 298 g/mol. The van der Waals surface area contributed by atoms with E-state index in [0.717, 1.165) is 12.2 Å². The molecule has 1 aromatic carbocycles. The van der Waals surface area contributed by atoms with Crippen LogP contribution in [0.2, 0.25) is 0 Å². The third kappa shape index (κ3) is 2.57. The summed E-state index contributed by atoms with van der Waals surface area (Å²) in [7, 11) is 0. The van der Waals surface area contributed by atoms with E-state index in [4.69, 9.17) is 0 Å². The summed E-state index contributed by atoms with van der Waals surface area (Å²) in [4.78, 5) is 45.3. The zero-order valence-electron chi connectivity index (χ0n) is 11.1. The second-order valence-electron chi connectivity index (χ2n) is 4.55. The van der Waals surface area contributed by atoms with Gasteiger partial charge in [-0.05, 0) is 12.1 Å². The van der Waals surface area contributed by atoms with Crippen molar-refractivity contribution in [1.82, 2.24) is 10.6 Å². The fraction of sp³-hybridized carbons (Fsp3) is 0. The van der Waals surface area contributed by atoms with Crippen LogP contribution in [0, 0.1) is 0 Å². The van der Waals surface area contributed by atoms with Crippen LogP contribution in [0.1, 0.15) is 0 Å². The van der Waals surface area contributed by atoms with Crippen molar-refractivity contribution in [2.24, 2.45) is 0 Å². The minimum atomic E-state index is -0.534. The topological polar surface area (TPSA) is 116 Å². The molecule has 0 aliphatic carbocycles. The van der Waals surface area contributed by atoms with Crippen molar-refractivity contribution in [2.75, 3.05) is 10.6 Å². The number of benzene rings is 1. The Labute approximate surface area is 124 Å². The molecular formula is C14H10N4O4. The Bertz CT molecular complexity index is 714. The van der Waals surface area contributed by atoms with Crippen molar-refractivity contribution in [3.8, 4) is 0 Å². The molecule has 4 amide bonds. The number of rotatable bonds is 4. The lowest BCUT2D eigenvalue weighted by Gasteiger charge is -2.13. The zero-order chi connectivity index (χ0) is 15.7. The van der Waals surface area contributed by atoms with Crippen LogP contribution in [0.5, 0.6) is 0 Å². The minimum absolute atomic E-state index is 0.0974. The van der Waals surface area contributed by atoms with Crippen molar-refractivity contribution in [3.63, 3.8) is 0 Å². The molecule has 0 fully saturated rings. The standard InChI is InChI=1S/C14H10N4O4/c19-11-5-9(13(21)17-11)15-7-3-1-2-4-8(7)16-10-6-12(20)18-14(10)22/h1-6H,(H2,15,17,19,21)(H2,16,18,20,22). The lowest BCUT2D eigenvalue weighted by Crippen LogP contribution is -2.25. The monoisotopic (exact) mass is 298 g/mol. The second-order valence-corrected chi connectivity index (χ2v) is 4.55. The lowest BCUT2D eigenvalue weighted by molar-refractivity contribution is -0.125. The lowest BCUT2D eigenvalue weighted by atomic mass is 10.2. The van der Waals surface area contributed by atoms with E-state index in [2.05, 4.69) is 21.3 Å². The van der Waals surface area contributed by atoms with Gasteiger partial charge in [0.25, 0.3) is 23.6 Å². The first-order valence-electron chi connectivity index (χ1n) is 6.30. The van der Waals surface area contributed by atoms with E-state index in [9.17, 15) is 19.2 Å². The minimum Gasteiger partial charge on any atom is -0.349 e. The molecule has 3 rings (SSSR count). The number of anilines is 2. The van der Waals surface area contributed by atoms with Gasteiger partial charge < -0.3 is 10.6 Å². The molecule has 0 bridgehead atoms. The first-order valence-corrected chi connectivity index (χ1v) is 6.30. The maximum atomic E-state index is 11.5. The Hall–Kier alpha value is -3.42. The number of hydrogen-bond acceptors (Lipinski definition) is 6. The Morgan fingerprint density at radius 3 is 1.41 bits per heavy atom. The Morgan fingerprint density at radius 2 is 1.09 bits per heavy atom. The SMILES string of the molecule is O=C1C=C(Nc2ccccc2NC2=CC(=O)NC2=O)C(=O)N1. The molecule has 22 heavy (non-hydrogen) atoms. The summed E-state index contributed by atoms with van der Waals surface area (Å²) in [5.74, 6) is -2.07. The molecule has 2 aliphatic heterocycles. The average Bonchev–Trinajstić information content (AvgIpc) is 2.94. The number of imide groups is 2. The molecule has 0 unspecified atom stereocenters. The maximum absolute atomic E-state index is 11.5. The molecule has 1 aromatic rings. The fourth-order valence-electron chi connectivity index (χ4n) is 2.00. The molecule has 4 N–H and O–H groups in total. The van der Waals surface area contributed by atoms with Crippen LogP contribution < -0.4 is 21.3 Å². The normalized spacial score (nSPS) is 16.9. The number of hydrogen-bond donors (Lipinski definition) is 4. The van der Waals surface area contributed by atoms with Crippen molar-refractivity contribution in [3.05, 3.63) is 47.8 Å². The molecule has 0 aromatic heterocycles. The smallest absolute Gasteiger partial charge is 0.274 e. The summed E-state index contributed by atoms with van der Waals surface area (Å²) < 4.78 is 0. The first kappa shape index (κ1) is 13.6. The van der Waals surface area contributed by atoms with Crippen molar-refractivity contribution in [1.29, 1.82) is 0 Å². The van der Waals surface area contributed by atoms with Gasteiger partial charge in [-0.15, -0.1) is 0 Å². The number of amides is 4. The summed E-state index contributed by atoms with van der Waals surface area (Å²) in [6.45, 7) is 0. The summed E-state index contributed by atoms with van der Waals surface area (Å²) in [6, 6.07) is 6.76. The Balaban J connectivity index is 1.85. The Kier molecular flexibility index (Phi) is 3.18. The summed E-state index contributed by atoms with van der Waals surface area (Å²) in [6.07, 6.45) is 2.29. The first-order chi connectivity index (χ1) is 10.5. The summed E-state index contributed by atoms with van der Waals surface area (Å²) in [5, 5.41) is 9.86. The van der Waals surface area contributed by atoms with Gasteiger partial charge in [-0.2, -0.15) is 0 Å². The Morgan fingerprint density at radius 1 is 0.682 bits per heavy atom. The maximum Gasteiger partial charge on any atom is 0.274 e. The van der Waals surface area contributed by atoms with Crippen LogP contribution in [-0.2, 0) is 19.2 Å². The van der Waals surface area contributed by atoms with Crippen molar-refractivity contribution in [2.45, 2.75) is 0 Å². The van der Waals surface area contributed by atoms with Crippen molar-refractivity contribution >= 4 is 35.0 Å². The predicted octanol–water partition coefficient (Wildman–Crippen LogP) is -0.409. The predicted molar refractivity (Wildman–Crippen MR) is 76.2 cm³/mol. The molecule has 0 saturated carbocycles. The van der Waals surface area contributed by atoms with Gasteiger partial charge >= 0.3 is 0 Å². The molecular weight excluding hydrogens is 288 g/mol. The quantitative estimate of drug-likeness (QED) is 0.562. The summed E-state index contributed by atoms with van der Waals surface area (Å²) in [5.41, 5.74) is 1.15. The molecule has 2 aliphatic rings. The van der Waals surface area contributed by atoms with Gasteiger partial charge in [0, 0.05) is 12.2 Å². The molecule has 2 heterocycles. The van der Waals surface area contributed by atoms with Crippen LogP contribution in [0.3, 0.4) is 0 Å². The van der Waals surface area contributed by atoms with Crippen LogP contribution in [0.25, 0.3) is 0 Å². The second kappa shape index (κ2) is 5.17. The van der Waals surface area contributed by atoms with Crippen LogP contribution in [-0.4, -0.2) is 23.6 Å². The molecule has 0 spiro atoms. The molecule has 8 heteroatoms. The highest BCUT2D eigenvalue weighted by atomic mass is 16.2. The van der Waals surface area contributed by atoms with Gasteiger partial charge in [-0.3, -0.25) is 29.8 Å². The number of nitrogens with one attached hydrogen (secondary N) is 4. The van der Waals surface area contributed by atoms with E-state index in [1.807, 2.05) is 0 Å². The largest absolute Gasteiger partial charge is 0.349 e. The highest BCUT2D eigenvalue weighted by molar-refractivity contribution is 6.19. The molecule has 110 valence electrons. The van der Waals surface area contributed by atoms with Crippen molar-refractivity contribution < 1.29 is 19.2 Å². The van der Waals surface area contributed by atoms with E-state index in [1.54, 1.807) is 24.3 Å². The number of carbonyl (C=O) groups is 4. The van der Waals surface area contributed by atoms with E-state index in [0.29, 0.717) is 11.4 Å². The zero-order valence-corrected chi connectivity index (χ0v) is 11.1. The molecule has 8 nitrogen and oxygen atoms in total. The molecule has 0 atom stereocenters.